The predicted molar refractivity (Wildman–Crippen MR) is 94.8 cm³/mol. The van der Waals surface area contributed by atoms with Crippen molar-refractivity contribution in [2.45, 2.75) is 19.4 Å². The van der Waals surface area contributed by atoms with Gasteiger partial charge in [0.2, 0.25) is 5.91 Å². The zero-order valence-electron chi connectivity index (χ0n) is 14.3. The lowest BCUT2D eigenvalue weighted by molar-refractivity contribution is -0.135. The van der Waals surface area contributed by atoms with Crippen molar-refractivity contribution in [3.8, 4) is 0 Å². The van der Waals surface area contributed by atoms with Crippen LogP contribution in [-0.4, -0.2) is 62.1 Å². The molecule has 8 heteroatoms. The molecular formula is C16H24ClN3O3S. The van der Waals surface area contributed by atoms with Gasteiger partial charge in [0.25, 0.3) is 10.2 Å². The average Bonchev–Trinajstić information content (AvgIpc) is 2.56. The Kier molecular flexibility index (Phi) is 6.25. The molecule has 1 aromatic rings. The van der Waals surface area contributed by atoms with Gasteiger partial charge >= 0.3 is 0 Å². The van der Waals surface area contributed by atoms with Crippen LogP contribution >= 0.6 is 11.6 Å². The molecule has 134 valence electrons. The highest BCUT2D eigenvalue weighted by Gasteiger charge is 2.33. The lowest BCUT2D eigenvalue weighted by Gasteiger charge is -2.33. The van der Waals surface area contributed by atoms with Crippen LogP contribution in [0.15, 0.2) is 24.3 Å². The first kappa shape index (κ1) is 19.2. The van der Waals surface area contributed by atoms with E-state index in [1.165, 1.54) is 22.7 Å². The van der Waals surface area contributed by atoms with Gasteiger partial charge in [-0.1, -0.05) is 23.7 Å². The summed E-state index contributed by atoms with van der Waals surface area (Å²) in [5, 5.41) is 0.669. The largest absolute Gasteiger partial charge is 0.341 e. The second-order valence-electron chi connectivity index (χ2n) is 6.28. The number of piperidine rings is 1. The average molecular weight is 374 g/mol. The smallest absolute Gasteiger partial charge is 0.281 e. The minimum atomic E-state index is -3.39. The van der Waals surface area contributed by atoms with E-state index in [2.05, 4.69) is 0 Å². The molecule has 0 N–H and O–H groups in total. The Morgan fingerprint density at radius 3 is 2.21 bits per heavy atom. The van der Waals surface area contributed by atoms with Crippen molar-refractivity contribution in [2.75, 3.05) is 34.2 Å². The Hall–Kier alpha value is -1.15. The Balaban J connectivity index is 1.91. The number of carbonyl (C=O) groups is 1. The van der Waals surface area contributed by atoms with Crippen molar-refractivity contribution in [2.24, 2.45) is 5.92 Å². The molecule has 0 radical (unpaired) electrons. The van der Waals surface area contributed by atoms with E-state index >= 15 is 0 Å². The van der Waals surface area contributed by atoms with Crippen LogP contribution < -0.4 is 0 Å². The maximum absolute atomic E-state index is 12.6. The molecule has 24 heavy (non-hydrogen) atoms. The Morgan fingerprint density at radius 1 is 1.17 bits per heavy atom. The highest BCUT2D eigenvalue weighted by atomic mass is 35.5. The summed E-state index contributed by atoms with van der Waals surface area (Å²) in [5.74, 6) is -0.0669. The van der Waals surface area contributed by atoms with Crippen LogP contribution in [0.4, 0.5) is 0 Å². The van der Waals surface area contributed by atoms with Crippen molar-refractivity contribution in [1.29, 1.82) is 0 Å². The molecule has 0 aliphatic carbocycles. The molecule has 1 aromatic carbocycles. The van der Waals surface area contributed by atoms with E-state index in [0.717, 1.165) is 5.56 Å². The number of hydrogen-bond donors (Lipinski definition) is 0. The summed E-state index contributed by atoms with van der Waals surface area (Å²) in [5.41, 5.74) is 1.02. The molecule has 0 spiro atoms. The molecule has 0 bridgehead atoms. The van der Waals surface area contributed by atoms with Crippen LogP contribution in [0.2, 0.25) is 5.02 Å². The van der Waals surface area contributed by atoms with E-state index in [4.69, 9.17) is 11.6 Å². The lowest BCUT2D eigenvalue weighted by atomic mass is 9.96. The molecule has 1 fully saturated rings. The summed E-state index contributed by atoms with van der Waals surface area (Å²) in [7, 11) is 1.43. The standard InChI is InChI=1S/C16H24ClN3O3S/c1-18(2)24(22,23)20-10-8-14(9-11-20)16(21)19(3)12-13-4-6-15(17)7-5-13/h4-7,14H,8-12H2,1-3H3. The van der Waals surface area contributed by atoms with Crippen LogP contribution in [0.3, 0.4) is 0 Å². The summed E-state index contributed by atoms with van der Waals surface area (Å²) in [4.78, 5) is 14.3. The summed E-state index contributed by atoms with van der Waals surface area (Å²) in [6.45, 7) is 1.28. The molecule has 0 saturated carbocycles. The fraction of sp³-hybridized carbons (Fsp3) is 0.562. The third-order valence-electron chi connectivity index (χ3n) is 4.30. The molecule has 6 nitrogen and oxygen atoms in total. The number of benzene rings is 1. The molecule has 0 unspecified atom stereocenters. The van der Waals surface area contributed by atoms with Gasteiger partial charge < -0.3 is 4.90 Å². The van der Waals surface area contributed by atoms with Gasteiger partial charge in [0.15, 0.2) is 0 Å². The SMILES string of the molecule is CN(Cc1ccc(Cl)cc1)C(=O)C1CCN(S(=O)(=O)N(C)C)CC1. The topological polar surface area (TPSA) is 60.9 Å². The van der Waals surface area contributed by atoms with Crippen molar-refractivity contribution < 1.29 is 13.2 Å². The summed E-state index contributed by atoms with van der Waals surface area (Å²) in [6.07, 6.45) is 1.10. The van der Waals surface area contributed by atoms with Crippen molar-refractivity contribution >= 4 is 27.7 Å². The van der Waals surface area contributed by atoms with Crippen molar-refractivity contribution in [3.63, 3.8) is 0 Å². The van der Waals surface area contributed by atoms with Crippen LogP contribution in [0, 0.1) is 5.92 Å². The first-order valence-electron chi connectivity index (χ1n) is 7.89. The second-order valence-corrected chi connectivity index (χ2v) is 8.86. The van der Waals surface area contributed by atoms with Gasteiger partial charge in [0.1, 0.15) is 0 Å². The number of rotatable bonds is 5. The summed E-state index contributed by atoms with van der Waals surface area (Å²) < 4.78 is 26.9. The fourth-order valence-electron chi connectivity index (χ4n) is 2.82. The molecular weight excluding hydrogens is 350 g/mol. The van der Waals surface area contributed by atoms with E-state index in [1.807, 2.05) is 12.1 Å². The zero-order chi connectivity index (χ0) is 17.9. The lowest BCUT2D eigenvalue weighted by Crippen LogP contribution is -2.46. The van der Waals surface area contributed by atoms with Gasteiger partial charge in [0, 0.05) is 51.7 Å². The van der Waals surface area contributed by atoms with E-state index in [9.17, 15) is 13.2 Å². The highest BCUT2D eigenvalue weighted by molar-refractivity contribution is 7.86. The monoisotopic (exact) mass is 373 g/mol. The first-order chi connectivity index (χ1) is 11.2. The van der Waals surface area contributed by atoms with E-state index in [-0.39, 0.29) is 11.8 Å². The summed E-state index contributed by atoms with van der Waals surface area (Å²) >= 11 is 5.87. The van der Waals surface area contributed by atoms with Crippen molar-refractivity contribution in [3.05, 3.63) is 34.9 Å². The molecule has 0 atom stereocenters. The van der Waals surface area contributed by atoms with Gasteiger partial charge in [-0.2, -0.15) is 17.0 Å². The Morgan fingerprint density at radius 2 is 1.71 bits per heavy atom. The van der Waals surface area contributed by atoms with E-state index in [0.29, 0.717) is 37.5 Å². The maximum Gasteiger partial charge on any atom is 0.281 e. The van der Waals surface area contributed by atoms with Crippen LogP contribution in [0.5, 0.6) is 0 Å². The van der Waals surface area contributed by atoms with E-state index < -0.39 is 10.2 Å². The molecule has 1 amide bonds. The van der Waals surface area contributed by atoms with Crippen molar-refractivity contribution in [1.82, 2.24) is 13.5 Å². The van der Waals surface area contributed by atoms with Gasteiger partial charge in [-0.25, -0.2) is 0 Å². The Labute approximate surface area is 149 Å². The molecule has 1 aliphatic rings. The minimum Gasteiger partial charge on any atom is -0.341 e. The summed E-state index contributed by atoms with van der Waals surface area (Å²) in [6, 6.07) is 7.41. The third-order valence-corrected chi connectivity index (χ3v) is 6.49. The fourth-order valence-corrected chi connectivity index (χ4v) is 4.08. The molecule has 2 rings (SSSR count). The third kappa shape index (κ3) is 4.47. The normalized spacial score (nSPS) is 17.2. The van der Waals surface area contributed by atoms with Gasteiger partial charge in [-0.05, 0) is 30.5 Å². The van der Waals surface area contributed by atoms with Gasteiger partial charge in [-0.15, -0.1) is 0 Å². The van der Waals surface area contributed by atoms with Gasteiger partial charge in [-0.3, -0.25) is 4.79 Å². The highest BCUT2D eigenvalue weighted by Crippen LogP contribution is 2.23. The number of nitrogens with zero attached hydrogens (tertiary/aromatic N) is 3. The molecule has 1 saturated heterocycles. The number of halogens is 1. The van der Waals surface area contributed by atoms with Crippen LogP contribution in [0.25, 0.3) is 0 Å². The number of amides is 1. The predicted octanol–water partition coefficient (Wildman–Crippen LogP) is 1.82. The number of carbonyl (C=O) groups excluding carboxylic acids is 1. The minimum absolute atomic E-state index is 0.0619. The van der Waals surface area contributed by atoms with Crippen LogP contribution in [0.1, 0.15) is 18.4 Å². The number of hydrogen-bond acceptors (Lipinski definition) is 3. The maximum atomic E-state index is 12.6. The quantitative estimate of drug-likeness (QED) is 0.790. The second kappa shape index (κ2) is 7.82. The molecule has 1 heterocycles. The molecule has 1 aliphatic heterocycles. The van der Waals surface area contributed by atoms with Crippen LogP contribution in [-0.2, 0) is 21.5 Å². The first-order valence-corrected chi connectivity index (χ1v) is 9.66. The van der Waals surface area contributed by atoms with Gasteiger partial charge in [0.05, 0.1) is 0 Å². The van der Waals surface area contributed by atoms with E-state index in [1.54, 1.807) is 24.1 Å². The Bertz CT molecular complexity index is 668. The zero-order valence-corrected chi connectivity index (χ0v) is 15.8. The molecule has 0 aromatic heterocycles.